The number of nitrogens with one attached hydrogen (secondary N) is 2. The van der Waals surface area contributed by atoms with Crippen LogP contribution in [-0.4, -0.2) is 24.0 Å². The average Bonchev–Trinajstić information content (AvgIpc) is 3.18. The van der Waals surface area contributed by atoms with Gasteiger partial charge in [0.25, 0.3) is 5.91 Å². The van der Waals surface area contributed by atoms with E-state index in [1.54, 1.807) is 11.3 Å². The lowest BCUT2D eigenvalue weighted by Crippen LogP contribution is -2.47. The minimum atomic E-state index is 0.123. The first-order valence-electron chi connectivity index (χ1n) is 9.04. The van der Waals surface area contributed by atoms with Crippen LogP contribution in [0.5, 0.6) is 0 Å². The zero-order valence-corrected chi connectivity index (χ0v) is 14.5. The van der Waals surface area contributed by atoms with Crippen LogP contribution in [0.2, 0.25) is 0 Å². The van der Waals surface area contributed by atoms with Gasteiger partial charge in [0.2, 0.25) is 0 Å². The lowest BCUT2D eigenvalue weighted by Gasteiger charge is -2.29. The molecule has 2 unspecified atom stereocenters. The first-order valence-corrected chi connectivity index (χ1v) is 9.86. The van der Waals surface area contributed by atoms with E-state index in [0.29, 0.717) is 18.1 Å². The molecule has 3 aliphatic rings. The van der Waals surface area contributed by atoms with E-state index >= 15 is 0 Å². The summed E-state index contributed by atoms with van der Waals surface area (Å²) in [5.41, 5.74) is 4.07. The molecule has 4 heteroatoms. The number of thiophene rings is 1. The SMILES string of the molecule is O=C(NC1CC2CCC(C1)N2)c1cc2c(s1)-c1ccccc1CC2. The van der Waals surface area contributed by atoms with Gasteiger partial charge in [0.05, 0.1) is 4.88 Å². The zero-order valence-electron chi connectivity index (χ0n) is 13.7. The summed E-state index contributed by atoms with van der Waals surface area (Å²) in [5.74, 6) is 0.123. The van der Waals surface area contributed by atoms with Crippen molar-refractivity contribution < 1.29 is 4.79 Å². The molecule has 2 saturated heterocycles. The van der Waals surface area contributed by atoms with Crippen molar-refractivity contribution in [2.75, 3.05) is 0 Å². The molecule has 5 rings (SSSR count). The van der Waals surface area contributed by atoms with E-state index in [-0.39, 0.29) is 5.91 Å². The number of carbonyl (C=O) groups is 1. The number of carbonyl (C=O) groups excluding carboxylic acids is 1. The lowest BCUT2D eigenvalue weighted by atomic mass is 9.91. The van der Waals surface area contributed by atoms with E-state index in [4.69, 9.17) is 0 Å². The number of rotatable bonds is 2. The molecule has 2 bridgehead atoms. The van der Waals surface area contributed by atoms with E-state index < -0.39 is 0 Å². The largest absolute Gasteiger partial charge is 0.348 e. The fourth-order valence-electron chi connectivity index (χ4n) is 4.62. The average molecular weight is 338 g/mol. The molecule has 24 heavy (non-hydrogen) atoms. The maximum absolute atomic E-state index is 12.8. The third-order valence-corrected chi connectivity index (χ3v) is 6.98. The smallest absolute Gasteiger partial charge is 0.261 e. The Hall–Kier alpha value is -1.65. The Morgan fingerprint density at radius 3 is 2.67 bits per heavy atom. The highest BCUT2D eigenvalue weighted by molar-refractivity contribution is 7.17. The first kappa shape index (κ1) is 14.7. The molecule has 3 heterocycles. The first-order chi connectivity index (χ1) is 11.8. The summed E-state index contributed by atoms with van der Waals surface area (Å²) in [4.78, 5) is 14.9. The third kappa shape index (κ3) is 2.49. The minimum Gasteiger partial charge on any atom is -0.348 e. The van der Waals surface area contributed by atoms with Crippen molar-refractivity contribution in [2.45, 2.75) is 56.7 Å². The van der Waals surface area contributed by atoms with Gasteiger partial charge < -0.3 is 10.6 Å². The Morgan fingerprint density at radius 2 is 1.83 bits per heavy atom. The van der Waals surface area contributed by atoms with Crippen LogP contribution in [0.3, 0.4) is 0 Å². The van der Waals surface area contributed by atoms with Crippen LogP contribution < -0.4 is 10.6 Å². The summed E-state index contributed by atoms with van der Waals surface area (Å²) in [7, 11) is 0. The topological polar surface area (TPSA) is 41.1 Å². The quantitative estimate of drug-likeness (QED) is 0.879. The number of hydrogen-bond donors (Lipinski definition) is 2. The number of aryl methyl sites for hydroxylation is 2. The van der Waals surface area contributed by atoms with Crippen LogP contribution in [0.25, 0.3) is 10.4 Å². The fraction of sp³-hybridized carbons (Fsp3) is 0.450. The van der Waals surface area contributed by atoms with Gasteiger partial charge in [0, 0.05) is 23.0 Å². The second kappa shape index (κ2) is 5.71. The number of amides is 1. The van der Waals surface area contributed by atoms with Gasteiger partial charge in [0.1, 0.15) is 0 Å². The van der Waals surface area contributed by atoms with E-state index in [0.717, 1.165) is 30.6 Å². The molecule has 1 aromatic heterocycles. The molecule has 2 aromatic rings. The van der Waals surface area contributed by atoms with Crippen molar-refractivity contribution in [3.8, 4) is 10.4 Å². The summed E-state index contributed by atoms with van der Waals surface area (Å²) >= 11 is 1.66. The van der Waals surface area contributed by atoms with Gasteiger partial charge in [-0.1, -0.05) is 24.3 Å². The highest BCUT2D eigenvalue weighted by Crippen LogP contribution is 2.39. The van der Waals surface area contributed by atoms with Crippen LogP contribution in [0.4, 0.5) is 0 Å². The highest BCUT2D eigenvalue weighted by atomic mass is 32.1. The second-order valence-corrected chi connectivity index (χ2v) is 8.45. The minimum absolute atomic E-state index is 0.123. The highest BCUT2D eigenvalue weighted by Gasteiger charge is 2.34. The van der Waals surface area contributed by atoms with Gasteiger partial charge in [0.15, 0.2) is 0 Å². The lowest BCUT2D eigenvalue weighted by molar-refractivity contribution is 0.0928. The van der Waals surface area contributed by atoms with Crippen LogP contribution in [0, 0.1) is 0 Å². The normalized spacial score (nSPS) is 27.4. The second-order valence-electron chi connectivity index (χ2n) is 7.40. The van der Waals surface area contributed by atoms with Gasteiger partial charge in [-0.05, 0) is 61.3 Å². The van der Waals surface area contributed by atoms with Gasteiger partial charge in [-0.3, -0.25) is 4.79 Å². The van der Waals surface area contributed by atoms with Gasteiger partial charge in [-0.2, -0.15) is 0 Å². The summed E-state index contributed by atoms with van der Waals surface area (Å²) in [6.07, 6.45) is 6.82. The van der Waals surface area contributed by atoms with E-state index in [1.807, 2.05) is 0 Å². The summed E-state index contributed by atoms with van der Waals surface area (Å²) < 4.78 is 0. The zero-order chi connectivity index (χ0) is 16.1. The van der Waals surface area contributed by atoms with E-state index in [9.17, 15) is 4.79 Å². The summed E-state index contributed by atoms with van der Waals surface area (Å²) in [6, 6.07) is 12.3. The van der Waals surface area contributed by atoms with Crippen molar-refractivity contribution in [1.82, 2.24) is 10.6 Å². The molecule has 2 atom stereocenters. The van der Waals surface area contributed by atoms with Crippen LogP contribution in [0.1, 0.15) is 46.5 Å². The summed E-state index contributed by atoms with van der Waals surface area (Å²) in [6.45, 7) is 0. The standard InChI is InChI=1S/C20H22N2OS/c23-20(22-16-10-14-7-8-15(11-16)21-14)18-9-13-6-5-12-3-1-2-4-17(12)19(13)24-18/h1-4,9,14-16,21H,5-8,10-11H2,(H,22,23). The molecule has 3 nitrogen and oxygen atoms in total. The fourth-order valence-corrected chi connectivity index (χ4v) is 5.79. The maximum atomic E-state index is 12.8. The summed E-state index contributed by atoms with van der Waals surface area (Å²) in [5, 5.41) is 6.94. The molecular formula is C20H22N2OS. The van der Waals surface area contributed by atoms with Crippen molar-refractivity contribution in [3.05, 3.63) is 46.3 Å². The Bertz CT molecular complexity index is 785. The van der Waals surface area contributed by atoms with Crippen LogP contribution >= 0.6 is 11.3 Å². The molecule has 2 N–H and O–H groups in total. The van der Waals surface area contributed by atoms with E-state index in [1.165, 1.54) is 34.4 Å². The van der Waals surface area contributed by atoms with E-state index in [2.05, 4.69) is 41.0 Å². The van der Waals surface area contributed by atoms with Gasteiger partial charge >= 0.3 is 0 Å². The maximum Gasteiger partial charge on any atom is 0.261 e. The number of benzene rings is 1. The van der Waals surface area contributed by atoms with Crippen LogP contribution in [-0.2, 0) is 12.8 Å². The monoisotopic (exact) mass is 338 g/mol. The number of piperidine rings is 1. The molecule has 1 amide bonds. The van der Waals surface area contributed by atoms with Crippen molar-refractivity contribution in [1.29, 1.82) is 0 Å². The Labute approximate surface area is 146 Å². The Kier molecular flexibility index (Phi) is 3.49. The molecule has 0 saturated carbocycles. The molecule has 0 radical (unpaired) electrons. The van der Waals surface area contributed by atoms with Crippen LogP contribution in [0.15, 0.2) is 30.3 Å². The molecular weight excluding hydrogens is 316 g/mol. The Morgan fingerprint density at radius 1 is 1.08 bits per heavy atom. The van der Waals surface area contributed by atoms with Crippen molar-refractivity contribution in [2.24, 2.45) is 0 Å². The number of fused-ring (bicyclic) bond motifs is 5. The predicted molar refractivity (Wildman–Crippen MR) is 97.6 cm³/mol. The molecule has 2 fully saturated rings. The third-order valence-electron chi connectivity index (χ3n) is 5.77. The van der Waals surface area contributed by atoms with Crippen molar-refractivity contribution in [3.63, 3.8) is 0 Å². The molecule has 1 aliphatic carbocycles. The van der Waals surface area contributed by atoms with Crippen molar-refractivity contribution >= 4 is 17.2 Å². The molecule has 1 aromatic carbocycles. The predicted octanol–water partition coefficient (Wildman–Crippen LogP) is 3.53. The van der Waals surface area contributed by atoms with Gasteiger partial charge in [-0.15, -0.1) is 11.3 Å². The Balaban J connectivity index is 1.37. The molecule has 124 valence electrons. The van der Waals surface area contributed by atoms with Gasteiger partial charge in [-0.25, -0.2) is 0 Å². The number of hydrogen-bond acceptors (Lipinski definition) is 3. The molecule has 2 aliphatic heterocycles. The molecule has 0 spiro atoms.